The smallest absolute Gasteiger partial charge is 0.171 e. The summed E-state index contributed by atoms with van der Waals surface area (Å²) in [5.41, 5.74) is 2.07. The Morgan fingerprint density at radius 2 is 2.36 bits per heavy atom. The van der Waals surface area contributed by atoms with E-state index in [1.807, 2.05) is 19.2 Å². The maximum absolute atomic E-state index is 5.25. The summed E-state index contributed by atoms with van der Waals surface area (Å²) in [6.45, 7) is 0.942. The van der Waals surface area contributed by atoms with Crippen molar-refractivity contribution in [1.29, 1.82) is 0 Å². The lowest BCUT2D eigenvalue weighted by Gasteiger charge is -1.99. The Balaban J connectivity index is 2.44. The van der Waals surface area contributed by atoms with Gasteiger partial charge in [0, 0.05) is 0 Å². The highest BCUT2D eigenvalue weighted by molar-refractivity contribution is 9.10. The van der Waals surface area contributed by atoms with Gasteiger partial charge in [-0.15, -0.1) is 0 Å². The molecule has 1 aromatic heterocycles. The molecule has 0 saturated heterocycles. The summed E-state index contributed by atoms with van der Waals surface area (Å²) < 4.78 is 6.03. The Hall–Kier alpha value is -0.870. The number of hydrogen-bond donors (Lipinski definition) is 1. The van der Waals surface area contributed by atoms with Gasteiger partial charge in [0.05, 0.1) is 5.39 Å². The topological polar surface area (TPSA) is 38.1 Å². The number of likely N-dealkylation sites (N-methyl/N-ethyl adjacent to an activating group) is 1. The van der Waals surface area contributed by atoms with E-state index >= 15 is 0 Å². The minimum atomic E-state index is 0.777. The van der Waals surface area contributed by atoms with E-state index in [0.29, 0.717) is 0 Å². The van der Waals surface area contributed by atoms with Crippen LogP contribution in [0.2, 0.25) is 0 Å². The van der Waals surface area contributed by atoms with E-state index < -0.39 is 0 Å². The predicted molar refractivity (Wildman–Crippen MR) is 59.3 cm³/mol. The quantitative estimate of drug-likeness (QED) is 0.914. The fourth-order valence-electron chi connectivity index (χ4n) is 1.45. The van der Waals surface area contributed by atoms with Gasteiger partial charge in [-0.3, -0.25) is 0 Å². The lowest BCUT2D eigenvalue weighted by Crippen LogP contribution is -2.10. The minimum Gasteiger partial charge on any atom is -0.355 e. The van der Waals surface area contributed by atoms with Crippen LogP contribution in [-0.2, 0) is 6.42 Å². The summed E-state index contributed by atoms with van der Waals surface area (Å²) in [6.07, 6.45) is 0.954. The Morgan fingerprint density at radius 1 is 1.50 bits per heavy atom. The van der Waals surface area contributed by atoms with Crippen LogP contribution in [0.1, 0.15) is 5.56 Å². The molecule has 0 fully saturated rings. The summed E-state index contributed by atoms with van der Waals surface area (Å²) >= 11 is 3.35. The Kier molecular flexibility index (Phi) is 2.84. The molecular formula is C10H11BrN2O. The maximum Gasteiger partial charge on any atom is 0.171 e. The van der Waals surface area contributed by atoms with Crippen LogP contribution in [0.15, 0.2) is 27.3 Å². The third kappa shape index (κ3) is 1.67. The molecule has 2 aromatic rings. The summed E-state index contributed by atoms with van der Waals surface area (Å²) in [6, 6.07) is 6.09. The zero-order valence-electron chi connectivity index (χ0n) is 7.88. The highest BCUT2D eigenvalue weighted by Gasteiger charge is 2.08. The molecule has 4 heteroatoms. The van der Waals surface area contributed by atoms with Crippen molar-refractivity contribution in [2.75, 3.05) is 13.6 Å². The monoisotopic (exact) mass is 254 g/mol. The molecule has 2 rings (SSSR count). The molecule has 0 aliphatic heterocycles. The van der Waals surface area contributed by atoms with E-state index in [1.165, 1.54) is 5.56 Å². The van der Waals surface area contributed by atoms with E-state index in [0.717, 1.165) is 28.5 Å². The summed E-state index contributed by atoms with van der Waals surface area (Å²) in [5, 5.41) is 8.04. The number of nitrogens with zero attached hydrogens (tertiary/aromatic N) is 1. The van der Waals surface area contributed by atoms with Crippen molar-refractivity contribution >= 4 is 26.9 Å². The van der Waals surface area contributed by atoms with Crippen LogP contribution in [0.4, 0.5) is 0 Å². The number of para-hydroxylation sites is 1. The van der Waals surface area contributed by atoms with Gasteiger partial charge in [-0.05, 0) is 47.6 Å². The van der Waals surface area contributed by atoms with Crippen LogP contribution in [0.3, 0.4) is 0 Å². The van der Waals surface area contributed by atoms with Crippen molar-refractivity contribution in [2.24, 2.45) is 0 Å². The van der Waals surface area contributed by atoms with Crippen LogP contribution in [0, 0.1) is 0 Å². The first-order chi connectivity index (χ1) is 6.83. The molecular weight excluding hydrogens is 244 g/mol. The predicted octanol–water partition coefficient (Wildman–Crippen LogP) is 2.35. The van der Waals surface area contributed by atoms with Gasteiger partial charge in [-0.25, -0.2) is 0 Å². The van der Waals surface area contributed by atoms with Gasteiger partial charge < -0.3 is 9.84 Å². The molecule has 3 nitrogen and oxygen atoms in total. The van der Waals surface area contributed by atoms with Gasteiger partial charge in [0.2, 0.25) is 0 Å². The van der Waals surface area contributed by atoms with E-state index in [2.05, 4.69) is 32.5 Å². The molecule has 74 valence electrons. The number of nitrogens with one attached hydrogen (secondary N) is 1. The van der Waals surface area contributed by atoms with Crippen LogP contribution in [0.5, 0.6) is 0 Å². The fourth-order valence-corrected chi connectivity index (χ4v) is 1.83. The van der Waals surface area contributed by atoms with Crippen LogP contribution in [-0.4, -0.2) is 18.7 Å². The first-order valence-electron chi connectivity index (χ1n) is 4.50. The third-order valence-corrected chi connectivity index (χ3v) is 2.75. The molecule has 0 spiro atoms. The molecule has 0 bridgehead atoms. The second kappa shape index (κ2) is 4.11. The molecule has 0 aliphatic carbocycles. The van der Waals surface area contributed by atoms with Crippen LogP contribution >= 0.6 is 15.9 Å². The van der Waals surface area contributed by atoms with Gasteiger partial charge in [0.1, 0.15) is 0 Å². The number of fused-ring (bicyclic) bond motifs is 1. The Bertz CT molecular complexity index is 439. The first-order valence-corrected chi connectivity index (χ1v) is 5.29. The highest BCUT2D eigenvalue weighted by Crippen LogP contribution is 2.25. The third-order valence-electron chi connectivity index (χ3n) is 2.18. The van der Waals surface area contributed by atoms with Gasteiger partial charge in [0.25, 0.3) is 0 Å². The average molecular weight is 255 g/mol. The normalized spacial score (nSPS) is 11.0. The van der Waals surface area contributed by atoms with E-state index in [9.17, 15) is 0 Å². The Morgan fingerprint density at radius 3 is 3.14 bits per heavy atom. The standard InChI is InChI=1S/C10H11BrN2O/c1-12-6-5-7-3-2-4-8-9(7)14-13-10(8)11/h2-4,12H,5-6H2,1H3. The molecule has 0 saturated carbocycles. The molecule has 0 unspecified atom stereocenters. The zero-order valence-corrected chi connectivity index (χ0v) is 9.47. The molecule has 1 heterocycles. The minimum absolute atomic E-state index is 0.777. The molecule has 0 radical (unpaired) electrons. The van der Waals surface area contributed by atoms with E-state index in [4.69, 9.17) is 4.52 Å². The number of benzene rings is 1. The van der Waals surface area contributed by atoms with E-state index in [-0.39, 0.29) is 0 Å². The van der Waals surface area contributed by atoms with Crippen LogP contribution in [0.25, 0.3) is 11.0 Å². The fraction of sp³-hybridized carbons (Fsp3) is 0.300. The highest BCUT2D eigenvalue weighted by atomic mass is 79.9. The lowest BCUT2D eigenvalue weighted by molar-refractivity contribution is 0.449. The largest absolute Gasteiger partial charge is 0.355 e. The molecule has 0 aliphatic rings. The van der Waals surface area contributed by atoms with Crippen molar-refractivity contribution in [2.45, 2.75) is 6.42 Å². The SMILES string of the molecule is CNCCc1cccc2c(Br)noc12. The van der Waals surface area contributed by atoms with Crippen molar-refractivity contribution in [3.63, 3.8) is 0 Å². The van der Waals surface area contributed by atoms with Crippen molar-refractivity contribution < 1.29 is 4.52 Å². The zero-order chi connectivity index (χ0) is 9.97. The summed E-state index contributed by atoms with van der Waals surface area (Å²) in [5.74, 6) is 0. The number of rotatable bonds is 3. The first kappa shape index (κ1) is 9.68. The van der Waals surface area contributed by atoms with E-state index in [1.54, 1.807) is 0 Å². The summed E-state index contributed by atoms with van der Waals surface area (Å²) in [4.78, 5) is 0. The van der Waals surface area contributed by atoms with Gasteiger partial charge in [-0.2, -0.15) is 0 Å². The maximum atomic E-state index is 5.25. The van der Waals surface area contributed by atoms with Gasteiger partial charge in [-0.1, -0.05) is 17.3 Å². The summed E-state index contributed by atoms with van der Waals surface area (Å²) in [7, 11) is 1.94. The van der Waals surface area contributed by atoms with Gasteiger partial charge in [0.15, 0.2) is 10.2 Å². The molecule has 14 heavy (non-hydrogen) atoms. The molecule has 0 atom stereocenters. The number of aromatic nitrogens is 1. The number of halogens is 1. The molecule has 1 aromatic carbocycles. The average Bonchev–Trinajstić information content (AvgIpc) is 2.58. The van der Waals surface area contributed by atoms with Crippen molar-refractivity contribution in [1.82, 2.24) is 10.5 Å². The van der Waals surface area contributed by atoms with Crippen LogP contribution < -0.4 is 5.32 Å². The molecule has 1 N–H and O–H groups in total. The van der Waals surface area contributed by atoms with Gasteiger partial charge >= 0.3 is 0 Å². The lowest BCUT2D eigenvalue weighted by atomic mass is 10.1. The second-order valence-electron chi connectivity index (χ2n) is 3.12. The van der Waals surface area contributed by atoms with Crippen molar-refractivity contribution in [3.05, 3.63) is 28.4 Å². The number of hydrogen-bond acceptors (Lipinski definition) is 3. The Labute approximate surface area is 90.6 Å². The van der Waals surface area contributed by atoms with Crippen molar-refractivity contribution in [3.8, 4) is 0 Å². The second-order valence-corrected chi connectivity index (χ2v) is 3.87. The molecule has 0 amide bonds.